The molecule has 0 nitrogen and oxygen atoms in total. The SMILES string of the molecule is C.C/C(=C\C1=CC1C)CC(C)CCc1ccccc1.C=CC(C)C/C=C/C=C\C=C/C.CC. The molecule has 0 heterocycles. The van der Waals surface area contributed by atoms with Crippen molar-refractivity contribution in [3.8, 4) is 0 Å². The Labute approximate surface area is 207 Å². The molecule has 1 aromatic rings. The maximum absolute atomic E-state index is 3.73. The molecule has 0 N–H and O–H groups in total. The summed E-state index contributed by atoms with van der Waals surface area (Å²) in [4.78, 5) is 0. The molecule has 0 aliphatic heterocycles. The Morgan fingerprint density at radius 2 is 1.64 bits per heavy atom. The van der Waals surface area contributed by atoms with Gasteiger partial charge in [-0.2, -0.15) is 0 Å². The average molecular weight is 449 g/mol. The predicted molar refractivity (Wildman–Crippen MR) is 155 cm³/mol. The van der Waals surface area contributed by atoms with Crippen molar-refractivity contribution in [3.63, 3.8) is 0 Å². The summed E-state index contributed by atoms with van der Waals surface area (Å²) in [5.41, 5.74) is 4.53. The molecule has 1 aliphatic carbocycles. The van der Waals surface area contributed by atoms with E-state index in [1.54, 1.807) is 0 Å². The second kappa shape index (κ2) is 21.5. The van der Waals surface area contributed by atoms with Gasteiger partial charge in [0, 0.05) is 0 Å². The van der Waals surface area contributed by atoms with E-state index in [1.165, 1.54) is 36.0 Å². The van der Waals surface area contributed by atoms with Gasteiger partial charge in [-0.1, -0.05) is 133 Å². The number of aryl methyl sites for hydroxylation is 1. The number of benzene rings is 1. The van der Waals surface area contributed by atoms with Crippen LogP contribution in [0.25, 0.3) is 0 Å². The van der Waals surface area contributed by atoms with Crippen molar-refractivity contribution in [2.45, 2.75) is 81.6 Å². The van der Waals surface area contributed by atoms with Crippen molar-refractivity contribution >= 4 is 0 Å². The highest BCUT2D eigenvalue weighted by Gasteiger charge is 2.16. The third-order valence-corrected chi connectivity index (χ3v) is 5.28. The summed E-state index contributed by atoms with van der Waals surface area (Å²) in [5.74, 6) is 2.09. The van der Waals surface area contributed by atoms with Crippen molar-refractivity contribution < 1.29 is 0 Å². The maximum Gasteiger partial charge on any atom is -0.000735 e. The monoisotopic (exact) mass is 448 g/mol. The number of hydrogen-bond acceptors (Lipinski definition) is 0. The molecule has 2 rings (SSSR count). The van der Waals surface area contributed by atoms with E-state index in [0.29, 0.717) is 5.92 Å². The van der Waals surface area contributed by atoms with Gasteiger partial charge in [0.15, 0.2) is 0 Å². The lowest BCUT2D eigenvalue weighted by Crippen LogP contribution is -1.98. The molecule has 0 bridgehead atoms. The third-order valence-electron chi connectivity index (χ3n) is 5.28. The molecule has 3 atom stereocenters. The van der Waals surface area contributed by atoms with Crippen LogP contribution in [0.1, 0.15) is 80.7 Å². The van der Waals surface area contributed by atoms with Crippen molar-refractivity contribution in [1.82, 2.24) is 0 Å². The third kappa shape index (κ3) is 18.9. The first-order chi connectivity index (χ1) is 15.5. The van der Waals surface area contributed by atoms with Crippen LogP contribution in [0, 0.1) is 17.8 Å². The van der Waals surface area contributed by atoms with E-state index in [9.17, 15) is 0 Å². The van der Waals surface area contributed by atoms with Crippen molar-refractivity contribution in [2.24, 2.45) is 17.8 Å². The minimum Gasteiger partial charge on any atom is -0.103 e. The normalized spacial score (nSPS) is 16.8. The van der Waals surface area contributed by atoms with Gasteiger partial charge in [0.2, 0.25) is 0 Å². The Morgan fingerprint density at radius 1 is 1.03 bits per heavy atom. The Bertz CT molecular complexity index is 740. The Morgan fingerprint density at radius 3 is 2.18 bits per heavy atom. The van der Waals surface area contributed by atoms with Crippen LogP contribution >= 0.6 is 0 Å². The van der Waals surface area contributed by atoms with E-state index in [4.69, 9.17) is 0 Å². The molecule has 33 heavy (non-hydrogen) atoms. The molecule has 1 aromatic carbocycles. The number of rotatable bonds is 11. The van der Waals surface area contributed by atoms with E-state index in [0.717, 1.165) is 18.3 Å². The van der Waals surface area contributed by atoms with Crippen LogP contribution in [-0.4, -0.2) is 0 Å². The van der Waals surface area contributed by atoms with Gasteiger partial charge in [0.25, 0.3) is 0 Å². The standard InChI is InChI=1S/C18H24.C12H18.C2H6.CH4/c1-14(9-10-17-7-5-4-6-8-17)11-15(2)12-18-13-16(18)3;1-4-6-7-8-9-10-11-12(3)5-2;1-2;/h4-8,12-14,16H,9-11H2,1-3H3;4-10,12H,2,11H2,1,3H3;1-2H3;1H4/b15-12+;6-4-,8-7-,10-9+;;. The summed E-state index contributed by atoms with van der Waals surface area (Å²) in [6.07, 6.45) is 23.8. The summed E-state index contributed by atoms with van der Waals surface area (Å²) < 4.78 is 0. The highest BCUT2D eigenvalue weighted by molar-refractivity contribution is 5.39. The van der Waals surface area contributed by atoms with E-state index in [-0.39, 0.29) is 7.43 Å². The zero-order valence-corrected chi connectivity index (χ0v) is 21.9. The highest BCUT2D eigenvalue weighted by atomic mass is 14.2. The van der Waals surface area contributed by atoms with Crippen molar-refractivity contribution in [1.29, 1.82) is 0 Å². The molecule has 0 radical (unpaired) electrons. The van der Waals surface area contributed by atoms with Crippen LogP contribution in [0.4, 0.5) is 0 Å². The minimum atomic E-state index is 0. The van der Waals surface area contributed by atoms with Gasteiger partial charge in [0.1, 0.15) is 0 Å². The number of allylic oxidation sites excluding steroid dienone is 11. The Hall–Kier alpha value is -2.34. The fraction of sp³-hybridized carbons (Fsp3) is 0.455. The van der Waals surface area contributed by atoms with Gasteiger partial charge in [-0.15, -0.1) is 6.58 Å². The van der Waals surface area contributed by atoms with Gasteiger partial charge in [-0.3, -0.25) is 0 Å². The lowest BCUT2D eigenvalue weighted by molar-refractivity contribution is 0.528. The molecular formula is C33H52. The van der Waals surface area contributed by atoms with Crippen LogP contribution in [0.5, 0.6) is 0 Å². The summed E-state index contributed by atoms with van der Waals surface area (Å²) >= 11 is 0. The van der Waals surface area contributed by atoms with Crippen LogP contribution in [-0.2, 0) is 6.42 Å². The van der Waals surface area contributed by atoms with E-state index in [2.05, 4.69) is 88.9 Å². The van der Waals surface area contributed by atoms with Gasteiger partial charge in [0.05, 0.1) is 0 Å². The molecule has 0 saturated heterocycles. The summed E-state index contributed by atoms with van der Waals surface area (Å²) in [6.45, 7) is 18.8. The smallest absolute Gasteiger partial charge is 0.000735 e. The molecule has 1 aliphatic rings. The van der Waals surface area contributed by atoms with Crippen LogP contribution in [0.3, 0.4) is 0 Å². The summed E-state index contributed by atoms with van der Waals surface area (Å²) in [6, 6.07) is 10.8. The lowest BCUT2D eigenvalue weighted by atomic mass is 9.94. The van der Waals surface area contributed by atoms with Gasteiger partial charge in [-0.25, -0.2) is 0 Å². The molecule has 0 amide bonds. The van der Waals surface area contributed by atoms with Crippen LogP contribution in [0.2, 0.25) is 0 Å². The summed E-state index contributed by atoms with van der Waals surface area (Å²) in [5, 5.41) is 0. The number of hydrogen-bond donors (Lipinski definition) is 0. The van der Waals surface area contributed by atoms with Gasteiger partial charge >= 0.3 is 0 Å². The molecule has 0 heteroatoms. The first-order valence-electron chi connectivity index (χ1n) is 12.5. The van der Waals surface area contributed by atoms with Crippen molar-refractivity contribution in [3.05, 3.63) is 108 Å². The molecule has 0 aromatic heterocycles. The molecule has 0 fully saturated rings. The van der Waals surface area contributed by atoms with E-state index >= 15 is 0 Å². The molecule has 0 spiro atoms. The quantitative estimate of drug-likeness (QED) is 0.233. The van der Waals surface area contributed by atoms with Crippen LogP contribution in [0.15, 0.2) is 103 Å². The van der Waals surface area contributed by atoms with E-state index < -0.39 is 0 Å². The van der Waals surface area contributed by atoms with Gasteiger partial charge < -0.3 is 0 Å². The lowest BCUT2D eigenvalue weighted by Gasteiger charge is -2.11. The fourth-order valence-corrected chi connectivity index (χ4v) is 3.18. The second-order valence-electron chi connectivity index (χ2n) is 8.57. The highest BCUT2D eigenvalue weighted by Crippen LogP contribution is 2.31. The molecule has 184 valence electrons. The average Bonchev–Trinajstić information content (AvgIpc) is 3.50. The Balaban J connectivity index is 0. The second-order valence-corrected chi connectivity index (χ2v) is 8.57. The zero-order chi connectivity index (χ0) is 24.2. The van der Waals surface area contributed by atoms with E-state index in [1.807, 2.05) is 51.2 Å². The summed E-state index contributed by atoms with van der Waals surface area (Å²) in [7, 11) is 0. The molecule has 3 unspecified atom stereocenters. The minimum absolute atomic E-state index is 0. The van der Waals surface area contributed by atoms with Crippen LogP contribution < -0.4 is 0 Å². The first kappa shape index (κ1) is 32.8. The first-order valence-corrected chi connectivity index (χ1v) is 12.5. The molecule has 0 saturated carbocycles. The Kier molecular flexibility index (Phi) is 21.4. The molecular weight excluding hydrogens is 396 g/mol. The maximum atomic E-state index is 3.73. The van der Waals surface area contributed by atoms with Crippen molar-refractivity contribution in [2.75, 3.05) is 0 Å². The largest absolute Gasteiger partial charge is 0.103 e. The zero-order valence-electron chi connectivity index (χ0n) is 21.9. The fourth-order valence-electron chi connectivity index (χ4n) is 3.18. The topological polar surface area (TPSA) is 0 Å². The predicted octanol–water partition coefficient (Wildman–Crippen LogP) is 10.7. The van der Waals surface area contributed by atoms with Gasteiger partial charge in [-0.05, 0) is 68.4 Å².